The number of fused-ring (bicyclic) bond motifs is 2. The van der Waals surface area contributed by atoms with E-state index in [0.717, 1.165) is 35.1 Å². The first-order valence-corrected chi connectivity index (χ1v) is 6.42. The molecule has 0 unspecified atom stereocenters. The molecule has 1 N–H and O–H groups in total. The minimum Gasteiger partial charge on any atom is -0.497 e. The molecule has 0 atom stereocenters. The average molecular weight is 243 g/mol. The van der Waals surface area contributed by atoms with Crippen molar-refractivity contribution >= 4 is 10.9 Å². The molecule has 0 fully saturated rings. The second-order valence-electron chi connectivity index (χ2n) is 4.76. The minimum atomic E-state index is 0.0779. The summed E-state index contributed by atoms with van der Waals surface area (Å²) in [7, 11) is 1.66. The number of hydrogen-bond donors (Lipinski definition) is 1. The van der Waals surface area contributed by atoms with Crippen molar-refractivity contribution in [1.82, 2.24) is 4.98 Å². The van der Waals surface area contributed by atoms with E-state index in [1.807, 2.05) is 18.2 Å². The van der Waals surface area contributed by atoms with E-state index in [4.69, 9.17) is 9.72 Å². The Morgan fingerprint density at radius 2 is 2.11 bits per heavy atom. The normalized spacial score (nSPS) is 14.6. The van der Waals surface area contributed by atoms with Crippen LogP contribution >= 0.6 is 0 Å². The van der Waals surface area contributed by atoms with Gasteiger partial charge in [0.2, 0.25) is 0 Å². The number of aromatic nitrogens is 1. The van der Waals surface area contributed by atoms with Crippen LogP contribution in [0.15, 0.2) is 18.2 Å². The number of aryl methyl sites for hydroxylation is 1. The van der Waals surface area contributed by atoms with Crippen molar-refractivity contribution in [2.24, 2.45) is 0 Å². The van der Waals surface area contributed by atoms with Gasteiger partial charge in [-0.1, -0.05) is 0 Å². The van der Waals surface area contributed by atoms with Gasteiger partial charge in [-0.15, -0.1) is 0 Å². The highest BCUT2D eigenvalue weighted by Crippen LogP contribution is 2.31. The van der Waals surface area contributed by atoms with E-state index >= 15 is 0 Å². The summed E-state index contributed by atoms with van der Waals surface area (Å²) in [5.41, 5.74) is 4.42. The van der Waals surface area contributed by atoms with Gasteiger partial charge in [0, 0.05) is 11.1 Å². The maximum Gasteiger partial charge on any atom is 0.119 e. The van der Waals surface area contributed by atoms with Crippen molar-refractivity contribution < 1.29 is 9.84 Å². The van der Waals surface area contributed by atoms with Crippen LogP contribution in [0.25, 0.3) is 10.9 Å². The van der Waals surface area contributed by atoms with Gasteiger partial charge in [-0.25, -0.2) is 0 Å². The Labute approximate surface area is 106 Å². The Morgan fingerprint density at radius 3 is 2.89 bits per heavy atom. The van der Waals surface area contributed by atoms with Crippen LogP contribution in [-0.2, 0) is 19.4 Å². The molecule has 3 rings (SSSR count). The van der Waals surface area contributed by atoms with E-state index in [1.54, 1.807) is 7.11 Å². The molecule has 0 bridgehead atoms. The maximum absolute atomic E-state index is 9.69. The van der Waals surface area contributed by atoms with Gasteiger partial charge in [0.25, 0.3) is 0 Å². The molecule has 1 heterocycles. The van der Waals surface area contributed by atoms with Gasteiger partial charge in [0.05, 0.1) is 19.2 Å². The van der Waals surface area contributed by atoms with Crippen LogP contribution < -0.4 is 4.74 Å². The second-order valence-corrected chi connectivity index (χ2v) is 4.76. The van der Waals surface area contributed by atoms with Crippen molar-refractivity contribution in [2.45, 2.75) is 32.3 Å². The van der Waals surface area contributed by atoms with Crippen molar-refractivity contribution in [1.29, 1.82) is 0 Å². The molecule has 0 amide bonds. The summed E-state index contributed by atoms with van der Waals surface area (Å²) in [5.74, 6) is 0.815. The van der Waals surface area contributed by atoms with Gasteiger partial charge < -0.3 is 9.84 Å². The van der Waals surface area contributed by atoms with Crippen molar-refractivity contribution in [2.75, 3.05) is 7.11 Å². The summed E-state index contributed by atoms with van der Waals surface area (Å²) >= 11 is 0. The number of methoxy groups -OCH3 is 1. The first-order chi connectivity index (χ1) is 8.83. The Bertz CT molecular complexity index is 593. The molecule has 0 aliphatic heterocycles. The monoisotopic (exact) mass is 243 g/mol. The van der Waals surface area contributed by atoms with E-state index in [-0.39, 0.29) is 6.61 Å². The van der Waals surface area contributed by atoms with Crippen LogP contribution in [0, 0.1) is 0 Å². The zero-order valence-electron chi connectivity index (χ0n) is 10.6. The van der Waals surface area contributed by atoms with Crippen LogP contribution in [0.5, 0.6) is 5.75 Å². The highest BCUT2D eigenvalue weighted by atomic mass is 16.5. The number of rotatable bonds is 2. The van der Waals surface area contributed by atoms with E-state index in [9.17, 15) is 5.11 Å². The smallest absolute Gasteiger partial charge is 0.119 e. The number of pyridine rings is 1. The maximum atomic E-state index is 9.69. The molecule has 2 aromatic rings. The molecular formula is C15H17NO2. The van der Waals surface area contributed by atoms with Crippen LogP contribution in [-0.4, -0.2) is 17.2 Å². The summed E-state index contributed by atoms with van der Waals surface area (Å²) in [5, 5.41) is 10.7. The lowest BCUT2D eigenvalue weighted by atomic mass is 9.90. The van der Waals surface area contributed by atoms with Crippen molar-refractivity contribution in [3.63, 3.8) is 0 Å². The largest absolute Gasteiger partial charge is 0.497 e. The standard InChI is InChI=1S/C15H17NO2/c1-18-10-6-7-15-12(8-10)13(9-17)11-4-2-3-5-14(11)16-15/h6-8,17H,2-5,9H2,1H3. The molecular weight excluding hydrogens is 226 g/mol. The minimum absolute atomic E-state index is 0.0779. The van der Waals surface area contributed by atoms with Crippen LogP contribution in [0.4, 0.5) is 0 Å². The zero-order valence-corrected chi connectivity index (χ0v) is 10.6. The Balaban J connectivity index is 2.30. The fraction of sp³-hybridized carbons (Fsp3) is 0.400. The molecule has 1 aliphatic rings. The molecule has 0 saturated carbocycles. The predicted octanol–water partition coefficient (Wildman–Crippen LogP) is 2.61. The third kappa shape index (κ3) is 1.75. The molecule has 0 spiro atoms. The lowest BCUT2D eigenvalue weighted by molar-refractivity contribution is 0.281. The molecule has 1 aliphatic carbocycles. The Hall–Kier alpha value is -1.61. The summed E-state index contributed by atoms with van der Waals surface area (Å²) < 4.78 is 5.26. The van der Waals surface area contributed by atoms with Gasteiger partial charge in [-0.05, 0) is 55.0 Å². The summed E-state index contributed by atoms with van der Waals surface area (Å²) in [6.07, 6.45) is 4.46. The Morgan fingerprint density at radius 1 is 1.28 bits per heavy atom. The number of nitrogens with zero attached hydrogens (tertiary/aromatic N) is 1. The van der Waals surface area contributed by atoms with Crippen molar-refractivity contribution in [3.05, 3.63) is 35.0 Å². The molecule has 0 saturated heterocycles. The lowest BCUT2D eigenvalue weighted by Gasteiger charge is -2.20. The van der Waals surface area contributed by atoms with E-state index in [0.29, 0.717) is 0 Å². The molecule has 94 valence electrons. The topological polar surface area (TPSA) is 42.4 Å². The van der Waals surface area contributed by atoms with E-state index in [1.165, 1.54) is 24.1 Å². The third-order valence-electron chi connectivity index (χ3n) is 3.75. The van der Waals surface area contributed by atoms with Crippen LogP contribution in [0.3, 0.4) is 0 Å². The first-order valence-electron chi connectivity index (χ1n) is 6.42. The summed E-state index contributed by atoms with van der Waals surface area (Å²) in [6.45, 7) is 0.0779. The third-order valence-corrected chi connectivity index (χ3v) is 3.75. The second kappa shape index (κ2) is 4.58. The average Bonchev–Trinajstić information content (AvgIpc) is 2.44. The summed E-state index contributed by atoms with van der Waals surface area (Å²) in [6, 6.07) is 5.87. The van der Waals surface area contributed by atoms with Gasteiger partial charge in [-0.3, -0.25) is 4.98 Å². The SMILES string of the molecule is COc1ccc2nc3c(c(CO)c2c1)CCCC3. The molecule has 0 radical (unpaired) electrons. The van der Waals surface area contributed by atoms with Gasteiger partial charge in [0.15, 0.2) is 0 Å². The van der Waals surface area contributed by atoms with Gasteiger partial charge >= 0.3 is 0 Å². The Kier molecular flexibility index (Phi) is 2.92. The molecule has 3 nitrogen and oxygen atoms in total. The molecule has 3 heteroatoms. The highest BCUT2D eigenvalue weighted by Gasteiger charge is 2.17. The van der Waals surface area contributed by atoms with Crippen LogP contribution in [0.2, 0.25) is 0 Å². The number of ether oxygens (including phenoxy) is 1. The highest BCUT2D eigenvalue weighted by molar-refractivity contribution is 5.85. The molecule has 1 aromatic carbocycles. The van der Waals surface area contributed by atoms with E-state index in [2.05, 4.69) is 0 Å². The molecule has 18 heavy (non-hydrogen) atoms. The van der Waals surface area contributed by atoms with Gasteiger partial charge in [0.1, 0.15) is 5.75 Å². The quantitative estimate of drug-likeness (QED) is 0.881. The summed E-state index contributed by atoms with van der Waals surface area (Å²) in [4.78, 5) is 4.73. The number of aliphatic hydroxyl groups is 1. The first kappa shape index (κ1) is 11.5. The fourth-order valence-corrected chi connectivity index (χ4v) is 2.81. The van der Waals surface area contributed by atoms with Crippen LogP contribution in [0.1, 0.15) is 29.7 Å². The number of benzene rings is 1. The number of aliphatic hydroxyl groups excluding tert-OH is 1. The van der Waals surface area contributed by atoms with E-state index < -0.39 is 0 Å². The lowest BCUT2D eigenvalue weighted by Crippen LogP contribution is -2.10. The fourth-order valence-electron chi connectivity index (χ4n) is 2.81. The zero-order chi connectivity index (χ0) is 12.5. The van der Waals surface area contributed by atoms with Crippen molar-refractivity contribution in [3.8, 4) is 5.75 Å². The number of hydrogen-bond acceptors (Lipinski definition) is 3. The van der Waals surface area contributed by atoms with Gasteiger partial charge in [-0.2, -0.15) is 0 Å². The predicted molar refractivity (Wildman–Crippen MR) is 70.9 cm³/mol. The molecule has 1 aromatic heterocycles.